The number of amides is 1. The smallest absolute Gasteiger partial charge is 0.229 e. The molecule has 2 aromatic rings. The minimum absolute atomic E-state index is 0.127. The van der Waals surface area contributed by atoms with E-state index in [9.17, 15) is 4.79 Å². The van der Waals surface area contributed by atoms with Crippen molar-refractivity contribution in [2.45, 2.75) is 24.9 Å². The molecule has 4 heterocycles. The highest BCUT2D eigenvalue weighted by Crippen LogP contribution is 2.37. The predicted octanol–water partition coefficient (Wildman–Crippen LogP) is 0.603. The van der Waals surface area contributed by atoms with E-state index in [1.54, 1.807) is 18.0 Å². The first-order valence-corrected chi connectivity index (χ1v) is 7.61. The topological polar surface area (TPSA) is 76.4 Å². The maximum absolute atomic E-state index is 12.5. The summed E-state index contributed by atoms with van der Waals surface area (Å²) in [7, 11) is 3.44. The van der Waals surface area contributed by atoms with E-state index < -0.39 is 0 Å². The van der Waals surface area contributed by atoms with E-state index in [4.69, 9.17) is 4.74 Å². The molecule has 0 N–H and O–H groups in total. The molecule has 2 saturated heterocycles. The average Bonchev–Trinajstić information content (AvgIpc) is 3.22. The van der Waals surface area contributed by atoms with Crippen molar-refractivity contribution in [2.75, 3.05) is 23.5 Å². The Labute approximate surface area is 133 Å². The van der Waals surface area contributed by atoms with Crippen LogP contribution < -0.4 is 14.5 Å². The van der Waals surface area contributed by atoms with Gasteiger partial charge in [0.05, 0.1) is 31.1 Å². The fourth-order valence-electron chi connectivity index (χ4n) is 3.60. The van der Waals surface area contributed by atoms with Gasteiger partial charge < -0.3 is 14.5 Å². The van der Waals surface area contributed by atoms with Crippen LogP contribution in [0, 0.1) is 0 Å². The van der Waals surface area contributed by atoms with E-state index >= 15 is 0 Å². The molecule has 2 aliphatic heterocycles. The molecule has 2 fully saturated rings. The van der Waals surface area contributed by atoms with E-state index in [2.05, 4.69) is 20.0 Å². The third-order valence-corrected chi connectivity index (χ3v) is 4.59. The second-order valence-electron chi connectivity index (χ2n) is 5.88. The van der Waals surface area contributed by atoms with Gasteiger partial charge in [-0.05, 0) is 6.42 Å². The van der Waals surface area contributed by atoms with E-state index in [1.165, 1.54) is 6.33 Å². The molecule has 0 spiro atoms. The van der Waals surface area contributed by atoms with Gasteiger partial charge >= 0.3 is 0 Å². The fourth-order valence-corrected chi connectivity index (χ4v) is 3.60. The molecule has 2 aliphatic rings. The number of rotatable bonds is 3. The van der Waals surface area contributed by atoms with Gasteiger partial charge in [-0.15, -0.1) is 0 Å². The molecule has 2 atom stereocenters. The van der Waals surface area contributed by atoms with Gasteiger partial charge in [0.2, 0.25) is 11.8 Å². The minimum Gasteiger partial charge on any atom is -0.481 e. The van der Waals surface area contributed by atoms with Crippen molar-refractivity contribution in [2.24, 2.45) is 7.05 Å². The lowest BCUT2D eigenvalue weighted by molar-refractivity contribution is -0.117. The number of aryl methyl sites for hydroxylation is 1. The first-order chi connectivity index (χ1) is 11.2. The lowest BCUT2D eigenvalue weighted by Crippen LogP contribution is -2.37. The van der Waals surface area contributed by atoms with Gasteiger partial charge in [0.25, 0.3) is 0 Å². The Morgan fingerprint density at radius 2 is 2.17 bits per heavy atom. The van der Waals surface area contributed by atoms with Crippen LogP contribution in [0.3, 0.4) is 0 Å². The Morgan fingerprint density at radius 1 is 1.30 bits per heavy atom. The van der Waals surface area contributed by atoms with Crippen LogP contribution in [0.4, 0.5) is 11.5 Å². The van der Waals surface area contributed by atoms with Crippen LogP contribution in [0.5, 0.6) is 5.88 Å². The van der Waals surface area contributed by atoms with Gasteiger partial charge in [-0.1, -0.05) is 0 Å². The molecule has 23 heavy (non-hydrogen) atoms. The molecule has 1 amide bonds. The molecule has 8 heteroatoms. The Hall–Kier alpha value is -2.64. The molecular weight excluding hydrogens is 296 g/mol. The van der Waals surface area contributed by atoms with Gasteiger partial charge in [-0.2, -0.15) is 5.10 Å². The van der Waals surface area contributed by atoms with Crippen LogP contribution in [0.1, 0.15) is 12.8 Å². The fraction of sp³-hybridized carbons (Fsp3) is 0.467. The molecule has 8 nitrogen and oxygen atoms in total. The molecule has 0 radical (unpaired) electrons. The van der Waals surface area contributed by atoms with E-state index in [0.29, 0.717) is 12.3 Å². The number of hydrogen-bond acceptors (Lipinski definition) is 6. The van der Waals surface area contributed by atoms with Crippen molar-refractivity contribution in [3.05, 3.63) is 24.8 Å². The molecule has 0 saturated carbocycles. The van der Waals surface area contributed by atoms with Gasteiger partial charge in [0, 0.05) is 32.3 Å². The van der Waals surface area contributed by atoms with Crippen LogP contribution in [0.2, 0.25) is 0 Å². The van der Waals surface area contributed by atoms with Crippen molar-refractivity contribution < 1.29 is 9.53 Å². The molecule has 0 bridgehead atoms. The Bertz CT molecular complexity index is 745. The Kier molecular flexibility index (Phi) is 3.17. The number of nitrogens with zero attached hydrogens (tertiary/aromatic N) is 6. The molecule has 120 valence electrons. The molecular formula is C15H18N6O2. The summed E-state index contributed by atoms with van der Waals surface area (Å²) in [5, 5.41) is 4.18. The number of carbonyl (C=O) groups excluding carboxylic acids is 1. The summed E-state index contributed by atoms with van der Waals surface area (Å²) in [6, 6.07) is 2.11. The first-order valence-electron chi connectivity index (χ1n) is 7.61. The summed E-state index contributed by atoms with van der Waals surface area (Å²) in [6.07, 6.45) is 6.54. The number of aromatic nitrogens is 4. The largest absolute Gasteiger partial charge is 0.481 e. The van der Waals surface area contributed by atoms with Gasteiger partial charge in [-0.3, -0.25) is 9.48 Å². The number of hydrogen-bond donors (Lipinski definition) is 0. The van der Waals surface area contributed by atoms with Gasteiger partial charge in [0.1, 0.15) is 12.1 Å². The third kappa shape index (κ3) is 2.21. The maximum atomic E-state index is 12.5. The number of methoxy groups -OCH3 is 1. The summed E-state index contributed by atoms with van der Waals surface area (Å²) in [4.78, 5) is 25.0. The summed E-state index contributed by atoms with van der Waals surface area (Å²) < 4.78 is 6.89. The monoisotopic (exact) mass is 314 g/mol. The minimum atomic E-state index is 0.127. The van der Waals surface area contributed by atoms with Crippen LogP contribution in [0.15, 0.2) is 24.8 Å². The normalized spacial score (nSPS) is 23.5. The number of ether oxygens (including phenoxy) is 1. The summed E-state index contributed by atoms with van der Waals surface area (Å²) in [6.45, 7) is 0.861. The molecule has 0 unspecified atom stereocenters. The Balaban J connectivity index is 1.62. The van der Waals surface area contributed by atoms with E-state index in [1.807, 2.05) is 24.2 Å². The number of anilines is 2. The second kappa shape index (κ2) is 5.22. The predicted molar refractivity (Wildman–Crippen MR) is 83.4 cm³/mol. The molecule has 4 rings (SSSR count). The van der Waals surface area contributed by atoms with Crippen LogP contribution in [0.25, 0.3) is 0 Å². The Morgan fingerprint density at radius 3 is 2.91 bits per heavy atom. The van der Waals surface area contributed by atoms with Crippen LogP contribution in [-0.2, 0) is 11.8 Å². The summed E-state index contributed by atoms with van der Waals surface area (Å²) >= 11 is 0. The lowest BCUT2D eigenvalue weighted by atomic mass is 10.1. The van der Waals surface area contributed by atoms with Crippen LogP contribution in [-0.4, -0.2) is 51.4 Å². The molecule has 0 aliphatic carbocycles. The summed E-state index contributed by atoms with van der Waals surface area (Å²) in [5.41, 5.74) is 0.868. The van der Waals surface area contributed by atoms with Crippen LogP contribution >= 0.6 is 0 Å². The number of fused-ring (bicyclic) bond motifs is 1. The highest BCUT2D eigenvalue weighted by molar-refractivity contribution is 5.97. The zero-order valence-electron chi connectivity index (χ0n) is 13.1. The lowest BCUT2D eigenvalue weighted by Gasteiger charge is -2.25. The zero-order valence-corrected chi connectivity index (χ0v) is 13.1. The third-order valence-electron chi connectivity index (χ3n) is 4.59. The maximum Gasteiger partial charge on any atom is 0.229 e. The van der Waals surface area contributed by atoms with Crippen molar-refractivity contribution in [3.63, 3.8) is 0 Å². The van der Waals surface area contributed by atoms with Gasteiger partial charge in [0.15, 0.2) is 0 Å². The van der Waals surface area contributed by atoms with Crippen molar-refractivity contribution >= 4 is 17.4 Å². The standard InChI is InChI=1S/C15H18N6O2/c1-19-8-10(7-18-19)21-11-3-4-20(12(11)5-15(21)22)13-6-14(23-2)17-9-16-13/h6-9,11-12H,3-5H2,1-2H3/t11-,12+/m1/s1. The van der Waals surface area contributed by atoms with Gasteiger partial charge in [-0.25, -0.2) is 9.97 Å². The van der Waals surface area contributed by atoms with E-state index in [-0.39, 0.29) is 18.0 Å². The highest BCUT2D eigenvalue weighted by Gasteiger charge is 2.48. The molecule has 2 aromatic heterocycles. The van der Waals surface area contributed by atoms with Crippen molar-refractivity contribution in [3.8, 4) is 5.88 Å². The zero-order chi connectivity index (χ0) is 16.0. The highest BCUT2D eigenvalue weighted by atomic mass is 16.5. The van der Waals surface area contributed by atoms with Crippen molar-refractivity contribution in [1.29, 1.82) is 0 Å². The number of carbonyl (C=O) groups is 1. The van der Waals surface area contributed by atoms with Crippen molar-refractivity contribution in [1.82, 2.24) is 19.7 Å². The van der Waals surface area contributed by atoms with E-state index in [0.717, 1.165) is 24.5 Å². The average molecular weight is 314 g/mol. The SMILES string of the molecule is COc1cc(N2CC[C@@H]3[C@@H]2CC(=O)N3c2cnn(C)c2)ncn1. The quantitative estimate of drug-likeness (QED) is 0.826. The first kappa shape index (κ1) is 14.0. The second-order valence-corrected chi connectivity index (χ2v) is 5.88. The molecule has 0 aromatic carbocycles. The summed E-state index contributed by atoms with van der Waals surface area (Å²) in [5.74, 6) is 1.48.